The Morgan fingerprint density at radius 2 is 2.00 bits per heavy atom. The second-order valence-electron chi connectivity index (χ2n) is 3.93. The molecule has 3 nitrogen and oxygen atoms in total. The molecule has 0 aromatic carbocycles. The van der Waals surface area contributed by atoms with E-state index in [1.54, 1.807) is 14.2 Å². The van der Waals surface area contributed by atoms with Crippen molar-refractivity contribution in [1.29, 1.82) is 0 Å². The van der Waals surface area contributed by atoms with E-state index in [2.05, 4.69) is 13.0 Å². The molecule has 3 atom stereocenters. The van der Waals surface area contributed by atoms with E-state index in [0.29, 0.717) is 19.1 Å². The summed E-state index contributed by atoms with van der Waals surface area (Å²) >= 11 is 0. The maximum atomic E-state index is 9.83. The van der Waals surface area contributed by atoms with Crippen molar-refractivity contribution in [3.05, 3.63) is 11.6 Å². The number of aliphatic hydroxyl groups excluding tert-OH is 1. The van der Waals surface area contributed by atoms with E-state index in [0.717, 1.165) is 6.42 Å². The standard InChI is InChI=1S/C11H20O3/c1-8-4-5-11(12)10(7-14-3)9(8)6-13-2/h4,9-12H,5-7H2,1-3H3/t9-,10-,11+/m1/s1. The molecule has 0 radical (unpaired) electrons. The highest BCUT2D eigenvalue weighted by molar-refractivity contribution is 5.11. The van der Waals surface area contributed by atoms with Crippen molar-refractivity contribution in [2.24, 2.45) is 11.8 Å². The van der Waals surface area contributed by atoms with Crippen molar-refractivity contribution < 1.29 is 14.6 Å². The molecular weight excluding hydrogens is 180 g/mol. The van der Waals surface area contributed by atoms with Crippen molar-refractivity contribution in [1.82, 2.24) is 0 Å². The zero-order valence-corrected chi connectivity index (χ0v) is 9.19. The van der Waals surface area contributed by atoms with Crippen molar-refractivity contribution in [2.45, 2.75) is 19.4 Å². The van der Waals surface area contributed by atoms with Crippen LogP contribution in [-0.4, -0.2) is 38.6 Å². The van der Waals surface area contributed by atoms with E-state index in [4.69, 9.17) is 9.47 Å². The topological polar surface area (TPSA) is 38.7 Å². The van der Waals surface area contributed by atoms with Gasteiger partial charge in [-0.15, -0.1) is 0 Å². The zero-order valence-electron chi connectivity index (χ0n) is 9.19. The molecule has 1 N–H and O–H groups in total. The number of hydrogen-bond acceptors (Lipinski definition) is 3. The fourth-order valence-corrected chi connectivity index (χ4v) is 2.09. The molecule has 82 valence electrons. The number of ether oxygens (including phenoxy) is 2. The Morgan fingerprint density at radius 3 is 2.57 bits per heavy atom. The first-order chi connectivity index (χ1) is 6.70. The summed E-state index contributed by atoms with van der Waals surface area (Å²) in [6.07, 6.45) is 2.54. The molecule has 0 unspecified atom stereocenters. The van der Waals surface area contributed by atoms with E-state index in [-0.39, 0.29) is 12.0 Å². The maximum Gasteiger partial charge on any atom is 0.0631 e. The summed E-state index contributed by atoms with van der Waals surface area (Å²) in [6.45, 7) is 3.35. The summed E-state index contributed by atoms with van der Waals surface area (Å²) < 4.78 is 10.3. The Hall–Kier alpha value is -0.380. The molecule has 1 rings (SSSR count). The van der Waals surface area contributed by atoms with Crippen LogP contribution < -0.4 is 0 Å². The summed E-state index contributed by atoms with van der Waals surface area (Å²) in [5.41, 5.74) is 1.30. The molecule has 0 saturated heterocycles. The number of aliphatic hydroxyl groups is 1. The van der Waals surface area contributed by atoms with Gasteiger partial charge in [-0.1, -0.05) is 11.6 Å². The zero-order chi connectivity index (χ0) is 10.6. The molecule has 3 heteroatoms. The summed E-state index contributed by atoms with van der Waals surface area (Å²) in [5, 5.41) is 9.83. The molecule has 0 spiro atoms. The van der Waals surface area contributed by atoms with Crippen molar-refractivity contribution in [3.8, 4) is 0 Å². The molecule has 1 aliphatic carbocycles. The fraction of sp³-hybridized carbons (Fsp3) is 0.818. The lowest BCUT2D eigenvalue weighted by Gasteiger charge is -2.34. The van der Waals surface area contributed by atoms with Gasteiger partial charge in [0.2, 0.25) is 0 Å². The monoisotopic (exact) mass is 200 g/mol. The van der Waals surface area contributed by atoms with E-state index in [1.165, 1.54) is 5.57 Å². The van der Waals surface area contributed by atoms with Gasteiger partial charge in [-0.25, -0.2) is 0 Å². The molecule has 0 heterocycles. The highest BCUT2D eigenvalue weighted by atomic mass is 16.5. The number of rotatable bonds is 4. The Morgan fingerprint density at radius 1 is 1.36 bits per heavy atom. The second kappa shape index (κ2) is 5.49. The van der Waals surface area contributed by atoms with E-state index >= 15 is 0 Å². The van der Waals surface area contributed by atoms with Crippen LogP contribution in [0.2, 0.25) is 0 Å². The largest absolute Gasteiger partial charge is 0.392 e. The van der Waals surface area contributed by atoms with Gasteiger partial charge in [0.25, 0.3) is 0 Å². The SMILES string of the molecule is COC[C@@H]1[C@H](COC)C(C)=CC[C@@H]1O. The van der Waals surface area contributed by atoms with Crippen LogP contribution in [0.5, 0.6) is 0 Å². The molecule has 0 bridgehead atoms. The third kappa shape index (κ3) is 2.56. The minimum absolute atomic E-state index is 0.171. The summed E-state index contributed by atoms with van der Waals surface area (Å²) in [5.74, 6) is 0.466. The summed E-state index contributed by atoms with van der Waals surface area (Å²) in [7, 11) is 3.36. The van der Waals surface area contributed by atoms with Gasteiger partial charge in [0.15, 0.2) is 0 Å². The van der Waals surface area contributed by atoms with Gasteiger partial charge >= 0.3 is 0 Å². The number of methoxy groups -OCH3 is 2. The van der Waals surface area contributed by atoms with Gasteiger partial charge in [0.05, 0.1) is 19.3 Å². The quantitative estimate of drug-likeness (QED) is 0.693. The Balaban J connectivity index is 2.70. The average molecular weight is 200 g/mol. The third-order valence-electron chi connectivity index (χ3n) is 2.98. The maximum absolute atomic E-state index is 9.83. The lowest BCUT2D eigenvalue weighted by Crippen LogP contribution is -2.37. The lowest BCUT2D eigenvalue weighted by atomic mass is 9.78. The first-order valence-corrected chi connectivity index (χ1v) is 5.03. The van der Waals surface area contributed by atoms with E-state index in [9.17, 15) is 5.11 Å². The molecule has 0 amide bonds. The van der Waals surface area contributed by atoms with Crippen LogP contribution in [0.3, 0.4) is 0 Å². The molecular formula is C11H20O3. The fourth-order valence-electron chi connectivity index (χ4n) is 2.09. The van der Waals surface area contributed by atoms with Crippen LogP contribution in [0, 0.1) is 11.8 Å². The van der Waals surface area contributed by atoms with Crippen molar-refractivity contribution in [2.75, 3.05) is 27.4 Å². The molecule has 0 aromatic heterocycles. The minimum Gasteiger partial charge on any atom is -0.392 e. The van der Waals surface area contributed by atoms with Gasteiger partial charge in [0, 0.05) is 26.1 Å². The first-order valence-electron chi connectivity index (χ1n) is 5.03. The molecule has 0 aromatic rings. The Labute approximate surface area is 85.7 Å². The van der Waals surface area contributed by atoms with E-state index < -0.39 is 0 Å². The molecule has 0 aliphatic heterocycles. The second-order valence-corrected chi connectivity index (χ2v) is 3.93. The first kappa shape index (κ1) is 11.7. The smallest absolute Gasteiger partial charge is 0.0631 e. The molecule has 0 fully saturated rings. The highest BCUT2D eigenvalue weighted by Crippen LogP contribution is 2.31. The van der Waals surface area contributed by atoms with Crippen LogP contribution in [0.15, 0.2) is 11.6 Å². The van der Waals surface area contributed by atoms with Gasteiger partial charge < -0.3 is 14.6 Å². The summed E-state index contributed by atoms with van der Waals surface area (Å²) in [6, 6.07) is 0. The van der Waals surface area contributed by atoms with Crippen molar-refractivity contribution in [3.63, 3.8) is 0 Å². The van der Waals surface area contributed by atoms with Crippen LogP contribution in [0.25, 0.3) is 0 Å². The molecule has 14 heavy (non-hydrogen) atoms. The van der Waals surface area contributed by atoms with Crippen molar-refractivity contribution >= 4 is 0 Å². The lowest BCUT2D eigenvalue weighted by molar-refractivity contribution is -0.00127. The van der Waals surface area contributed by atoms with Gasteiger partial charge in [-0.3, -0.25) is 0 Å². The average Bonchev–Trinajstić information content (AvgIpc) is 2.17. The Bertz CT molecular complexity index is 201. The van der Waals surface area contributed by atoms with Crippen LogP contribution >= 0.6 is 0 Å². The van der Waals surface area contributed by atoms with Gasteiger partial charge in [0.1, 0.15) is 0 Å². The summed E-state index contributed by atoms with van der Waals surface area (Å²) in [4.78, 5) is 0. The van der Waals surface area contributed by atoms with Crippen LogP contribution in [0.4, 0.5) is 0 Å². The normalized spacial score (nSPS) is 32.9. The van der Waals surface area contributed by atoms with E-state index in [1.807, 2.05) is 0 Å². The van der Waals surface area contributed by atoms with Gasteiger partial charge in [-0.05, 0) is 13.3 Å². The number of hydrogen-bond donors (Lipinski definition) is 1. The molecule has 0 saturated carbocycles. The van der Waals surface area contributed by atoms with Gasteiger partial charge in [-0.2, -0.15) is 0 Å². The Kier molecular flexibility index (Phi) is 4.58. The predicted molar refractivity (Wildman–Crippen MR) is 55.1 cm³/mol. The van der Waals surface area contributed by atoms with Crippen LogP contribution in [0.1, 0.15) is 13.3 Å². The minimum atomic E-state index is -0.293. The highest BCUT2D eigenvalue weighted by Gasteiger charge is 2.32. The predicted octanol–water partition coefficient (Wildman–Crippen LogP) is 1.22. The van der Waals surface area contributed by atoms with Crippen LogP contribution in [-0.2, 0) is 9.47 Å². The third-order valence-corrected chi connectivity index (χ3v) is 2.98. The molecule has 1 aliphatic rings.